The molecule has 0 spiro atoms. The van der Waals surface area contributed by atoms with Gasteiger partial charge < -0.3 is 20.7 Å². The van der Waals surface area contributed by atoms with Gasteiger partial charge in [0.25, 0.3) is 0 Å². The molecule has 0 bridgehead atoms. The Morgan fingerprint density at radius 3 is 2.33 bits per heavy atom. The molecule has 0 fully saturated rings. The number of H-pyrrole nitrogens is 1. The molecule has 0 saturated carbocycles. The Kier molecular flexibility index (Phi) is 4.77. The van der Waals surface area contributed by atoms with Crippen molar-refractivity contribution in [3.05, 3.63) is 17.5 Å². The van der Waals surface area contributed by atoms with Gasteiger partial charge in [-0.3, -0.25) is 9.59 Å². The molecule has 1 atom stereocenters. The third-order valence-electron chi connectivity index (χ3n) is 2.97. The molecule has 1 heterocycles. The number of aromatic nitrogens is 1. The number of carbonyl (C=O) groups excluding carboxylic acids is 2. The summed E-state index contributed by atoms with van der Waals surface area (Å²) in [6.07, 6.45) is 1.41. The van der Waals surface area contributed by atoms with Crippen molar-refractivity contribution in [1.29, 1.82) is 0 Å². The number of aromatic carboxylic acids is 1. The lowest BCUT2D eigenvalue weighted by molar-refractivity contribution is -0.131. The van der Waals surface area contributed by atoms with Crippen molar-refractivity contribution in [2.24, 2.45) is 5.41 Å². The van der Waals surface area contributed by atoms with Crippen molar-refractivity contribution < 1.29 is 19.5 Å². The highest BCUT2D eigenvalue weighted by Crippen LogP contribution is 2.19. The van der Waals surface area contributed by atoms with Crippen molar-refractivity contribution in [3.63, 3.8) is 0 Å². The summed E-state index contributed by atoms with van der Waals surface area (Å²) in [5.41, 5.74) is 0.0366. The van der Waals surface area contributed by atoms with Gasteiger partial charge in [-0.05, 0) is 13.8 Å². The highest BCUT2D eigenvalue weighted by Gasteiger charge is 2.26. The lowest BCUT2D eigenvalue weighted by Crippen LogP contribution is -2.46. The first kappa shape index (κ1) is 16.7. The first-order chi connectivity index (χ1) is 9.54. The fraction of sp³-hybridized carbons (Fsp3) is 0.500. The molecule has 1 aromatic rings. The van der Waals surface area contributed by atoms with E-state index >= 15 is 0 Å². The molecule has 4 N–H and O–H groups in total. The van der Waals surface area contributed by atoms with Crippen molar-refractivity contribution in [2.75, 3.05) is 5.32 Å². The predicted molar refractivity (Wildman–Crippen MR) is 78.2 cm³/mol. The van der Waals surface area contributed by atoms with E-state index in [-0.39, 0.29) is 17.2 Å². The van der Waals surface area contributed by atoms with Crippen LogP contribution in [-0.2, 0) is 9.59 Å². The van der Waals surface area contributed by atoms with Crippen LogP contribution >= 0.6 is 0 Å². The minimum atomic E-state index is -1.13. The lowest BCUT2D eigenvalue weighted by Gasteiger charge is -2.21. The molecule has 116 valence electrons. The van der Waals surface area contributed by atoms with Crippen LogP contribution in [0.4, 0.5) is 5.69 Å². The summed E-state index contributed by atoms with van der Waals surface area (Å²) in [6.45, 7) is 8.36. The molecule has 0 aromatic carbocycles. The quantitative estimate of drug-likeness (QED) is 0.674. The minimum absolute atomic E-state index is 0.0118. The number of hydrogen-bond acceptors (Lipinski definition) is 3. The van der Waals surface area contributed by atoms with Crippen molar-refractivity contribution >= 4 is 23.5 Å². The smallest absolute Gasteiger partial charge is 0.339 e. The normalized spacial score (nSPS) is 12.6. The van der Waals surface area contributed by atoms with Crippen LogP contribution in [-0.4, -0.2) is 33.9 Å². The van der Waals surface area contributed by atoms with E-state index in [1.807, 2.05) is 0 Å². The van der Waals surface area contributed by atoms with Gasteiger partial charge in [-0.2, -0.15) is 0 Å². The van der Waals surface area contributed by atoms with Gasteiger partial charge in [0.1, 0.15) is 11.6 Å². The maximum atomic E-state index is 12.0. The first-order valence-corrected chi connectivity index (χ1v) is 6.57. The van der Waals surface area contributed by atoms with Crippen LogP contribution in [0.3, 0.4) is 0 Å². The van der Waals surface area contributed by atoms with Crippen LogP contribution in [0.5, 0.6) is 0 Å². The van der Waals surface area contributed by atoms with Gasteiger partial charge in [-0.15, -0.1) is 0 Å². The van der Waals surface area contributed by atoms with Gasteiger partial charge in [0.15, 0.2) is 0 Å². The number of carboxylic acids is 1. The van der Waals surface area contributed by atoms with Crippen LogP contribution in [0.2, 0.25) is 0 Å². The molecule has 2 amide bonds. The second kappa shape index (κ2) is 5.99. The molecular weight excluding hydrogens is 274 g/mol. The van der Waals surface area contributed by atoms with Gasteiger partial charge in [-0.1, -0.05) is 20.8 Å². The molecule has 1 unspecified atom stereocenters. The van der Waals surface area contributed by atoms with E-state index < -0.39 is 23.3 Å². The predicted octanol–water partition coefficient (Wildman–Crippen LogP) is 1.51. The Balaban J connectivity index is 2.78. The fourth-order valence-electron chi connectivity index (χ4n) is 1.62. The average Bonchev–Trinajstić information content (AvgIpc) is 2.68. The fourth-order valence-corrected chi connectivity index (χ4v) is 1.62. The molecule has 0 saturated heterocycles. The number of aryl methyl sites for hydroxylation is 1. The molecule has 7 nitrogen and oxygen atoms in total. The van der Waals surface area contributed by atoms with Crippen molar-refractivity contribution in [2.45, 2.75) is 40.7 Å². The molecule has 21 heavy (non-hydrogen) atoms. The zero-order valence-electron chi connectivity index (χ0n) is 12.8. The Hall–Kier alpha value is -2.31. The molecule has 1 rings (SSSR count). The van der Waals surface area contributed by atoms with Crippen LogP contribution in [0.15, 0.2) is 6.20 Å². The average molecular weight is 295 g/mol. The highest BCUT2D eigenvalue weighted by atomic mass is 16.4. The molecule has 0 aliphatic rings. The van der Waals surface area contributed by atoms with E-state index in [1.54, 1.807) is 34.6 Å². The third-order valence-corrected chi connectivity index (χ3v) is 2.97. The number of nitrogens with one attached hydrogen (secondary N) is 3. The summed E-state index contributed by atoms with van der Waals surface area (Å²) in [4.78, 5) is 37.7. The van der Waals surface area contributed by atoms with Crippen LogP contribution in [0.25, 0.3) is 0 Å². The van der Waals surface area contributed by atoms with E-state index in [4.69, 9.17) is 5.11 Å². The number of carbonyl (C=O) groups is 3. The topological polar surface area (TPSA) is 111 Å². The number of hydrogen-bond donors (Lipinski definition) is 4. The van der Waals surface area contributed by atoms with Crippen LogP contribution in [0, 0.1) is 12.3 Å². The Labute approximate surface area is 123 Å². The van der Waals surface area contributed by atoms with Crippen molar-refractivity contribution in [3.8, 4) is 0 Å². The summed E-state index contributed by atoms with van der Waals surface area (Å²) in [7, 11) is 0. The molecular formula is C14H21N3O4. The van der Waals surface area contributed by atoms with Gasteiger partial charge in [0.05, 0.1) is 5.69 Å². The summed E-state index contributed by atoms with van der Waals surface area (Å²) >= 11 is 0. The molecule has 0 aliphatic heterocycles. The Morgan fingerprint density at radius 2 is 1.86 bits per heavy atom. The molecule has 1 aromatic heterocycles. The molecule has 0 radical (unpaired) electrons. The number of aromatic amines is 1. The Bertz CT molecular complexity index is 569. The van der Waals surface area contributed by atoms with Crippen molar-refractivity contribution in [1.82, 2.24) is 10.3 Å². The number of amides is 2. The van der Waals surface area contributed by atoms with E-state index in [1.165, 1.54) is 6.20 Å². The zero-order chi connectivity index (χ0) is 16.4. The monoisotopic (exact) mass is 295 g/mol. The highest BCUT2D eigenvalue weighted by molar-refractivity contribution is 6.03. The summed E-state index contributed by atoms with van der Waals surface area (Å²) < 4.78 is 0. The Morgan fingerprint density at radius 1 is 1.29 bits per heavy atom. The van der Waals surface area contributed by atoms with Gasteiger partial charge in [0, 0.05) is 17.3 Å². The SMILES string of the molecule is Cc1[nH]cc(NC(=O)C(C)NC(=O)C(C)(C)C)c1C(=O)O. The molecule has 0 aliphatic carbocycles. The van der Waals surface area contributed by atoms with E-state index in [9.17, 15) is 14.4 Å². The summed E-state index contributed by atoms with van der Waals surface area (Å²) in [6, 6.07) is -0.770. The van der Waals surface area contributed by atoms with E-state index in [0.29, 0.717) is 5.69 Å². The second-order valence-electron chi connectivity index (χ2n) is 5.94. The van der Waals surface area contributed by atoms with E-state index in [2.05, 4.69) is 15.6 Å². The minimum Gasteiger partial charge on any atom is -0.478 e. The lowest BCUT2D eigenvalue weighted by atomic mass is 9.95. The molecule has 7 heteroatoms. The standard InChI is InChI=1S/C14H21N3O4/c1-7-10(12(19)20)9(6-15-7)17-11(18)8(2)16-13(21)14(3,4)5/h6,8,15H,1-5H3,(H,16,21)(H,17,18)(H,19,20). The van der Waals surface area contributed by atoms with E-state index in [0.717, 1.165) is 0 Å². The number of anilines is 1. The van der Waals surface area contributed by atoms with Gasteiger partial charge >= 0.3 is 5.97 Å². The third kappa shape index (κ3) is 4.08. The zero-order valence-corrected chi connectivity index (χ0v) is 12.8. The van der Waals surface area contributed by atoms with Crippen LogP contribution < -0.4 is 10.6 Å². The van der Waals surface area contributed by atoms with Gasteiger partial charge in [0.2, 0.25) is 11.8 Å². The number of carboxylic acid groups (broad SMARTS) is 1. The summed E-state index contributed by atoms with van der Waals surface area (Å²) in [5.74, 6) is -1.86. The largest absolute Gasteiger partial charge is 0.478 e. The first-order valence-electron chi connectivity index (χ1n) is 6.57. The summed E-state index contributed by atoms with van der Waals surface area (Å²) in [5, 5.41) is 14.2. The van der Waals surface area contributed by atoms with Crippen LogP contribution in [0.1, 0.15) is 43.7 Å². The number of rotatable bonds is 4. The van der Waals surface area contributed by atoms with Gasteiger partial charge in [-0.25, -0.2) is 4.79 Å². The second-order valence-corrected chi connectivity index (χ2v) is 5.94. The maximum absolute atomic E-state index is 12.0. The maximum Gasteiger partial charge on any atom is 0.339 e.